The van der Waals surface area contributed by atoms with Crippen molar-refractivity contribution in [1.29, 1.82) is 0 Å². The molecule has 0 unspecified atom stereocenters. The van der Waals surface area contributed by atoms with Gasteiger partial charge in [-0.05, 0) is 36.1 Å². The first-order valence-electron chi connectivity index (χ1n) is 8.26. The van der Waals surface area contributed by atoms with Gasteiger partial charge in [-0.15, -0.1) is 0 Å². The summed E-state index contributed by atoms with van der Waals surface area (Å²) in [6.45, 7) is 2.14. The second-order valence-corrected chi connectivity index (χ2v) is 7.91. The molecule has 0 fully saturated rings. The van der Waals surface area contributed by atoms with Crippen LogP contribution in [0.4, 0.5) is 5.69 Å². The fourth-order valence-corrected chi connectivity index (χ4v) is 3.22. The Bertz CT molecular complexity index is 787. The summed E-state index contributed by atoms with van der Waals surface area (Å²) in [6.07, 6.45) is 2.61. The van der Waals surface area contributed by atoms with Gasteiger partial charge in [0, 0.05) is 12.2 Å². The Kier molecular flexibility index (Phi) is 6.73. The zero-order valence-corrected chi connectivity index (χ0v) is 15.4. The van der Waals surface area contributed by atoms with Crippen LogP contribution < -0.4 is 5.32 Å². The molecule has 6 heteroatoms. The van der Waals surface area contributed by atoms with Gasteiger partial charge in [0.1, 0.15) is 0 Å². The predicted molar refractivity (Wildman–Crippen MR) is 101 cm³/mol. The number of nitrogens with zero attached hydrogens (tertiary/aromatic N) is 1. The number of sulfonamides is 1. The first kappa shape index (κ1) is 19.1. The molecule has 0 aliphatic heterocycles. The normalized spacial score (nSPS) is 11.5. The molecular weight excluding hydrogens is 336 g/mol. The molecular formula is C19H24N2O3S. The first-order chi connectivity index (χ1) is 11.9. The van der Waals surface area contributed by atoms with E-state index < -0.39 is 10.0 Å². The van der Waals surface area contributed by atoms with Gasteiger partial charge in [-0.3, -0.25) is 4.79 Å². The van der Waals surface area contributed by atoms with E-state index in [2.05, 4.69) is 12.2 Å². The summed E-state index contributed by atoms with van der Waals surface area (Å²) in [4.78, 5) is 12.2. The minimum absolute atomic E-state index is 0.193. The molecule has 0 aromatic heterocycles. The van der Waals surface area contributed by atoms with Gasteiger partial charge in [-0.25, -0.2) is 8.42 Å². The van der Waals surface area contributed by atoms with Crippen molar-refractivity contribution >= 4 is 21.6 Å². The van der Waals surface area contributed by atoms with Crippen LogP contribution >= 0.6 is 0 Å². The average Bonchev–Trinajstić information content (AvgIpc) is 2.59. The number of carbonyl (C=O) groups excluding carboxylic acids is 1. The van der Waals surface area contributed by atoms with E-state index >= 15 is 0 Å². The standard InChI is InChI=1S/C19H24N2O3S/c1-3-16-9-11-18(12-10-16)20-19(22)15-21(25(2,23)24)14-13-17-7-5-4-6-8-17/h4-12H,3,13-15H2,1-2H3,(H,20,22). The quantitative estimate of drug-likeness (QED) is 0.787. The molecule has 0 heterocycles. The molecule has 1 amide bonds. The van der Waals surface area contributed by atoms with Crippen molar-refractivity contribution in [2.24, 2.45) is 0 Å². The highest BCUT2D eigenvalue weighted by molar-refractivity contribution is 7.88. The Morgan fingerprint density at radius 2 is 1.64 bits per heavy atom. The molecule has 2 rings (SSSR count). The highest BCUT2D eigenvalue weighted by Crippen LogP contribution is 2.11. The molecule has 0 saturated heterocycles. The number of benzene rings is 2. The van der Waals surface area contributed by atoms with E-state index in [9.17, 15) is 13.2 Å². The maximum atomic E-state index is 12.2. The number of amides is 1. The monoisotopic (exact) mass is 360 g/mol. The van der Waals surface area contributed by atoms with E-state index in [-0.39, 0.29) is 19.0 Å². The lowest BCUT2D eigenvalue weighted by molar-refractivity contribution is -0.116. The smallest absolute Gasteiger partial charge is 0.239 e. The third-order valence-electron chi connectivity index (χ3n) is 3.93. The highest BCUT2D eigenvalue weighted by Gasteiger charge is 2.20. The zero-order valence-electron chi connectivity index (χ0n) is 14.6. The molecule has 25 heavy (non-hydrogen) atoms. The maximum Gasteiger partial charge on any atom is 0.239 e. The lowest BCUT2D eigenvalue weighted by atomic mass is 10.1. The van der Waals surface area contributed by atoms with Gasteiger partial charge in [0.25, 0.3) is 0 Å². The van der Waals surface area contributed by atoms with Crippen molar-refractivity contribution in [3.8, 4) is 0 Å². The summed E-state index contributed by atoms with van der Waals surface area (Å²) < 4.78 is 25.1. The molecule has 0 aliphatic rings. The summed E-state index contributed by atoms with van der Waals surface area (Å²) in [7, 11) is -3.46. The second-order valence-electron chi connectivity index (χ2n) is 5.93. The molecule has 5 nitrogen and oxygen atoms in total. The predicted octanol–water partition coefficient (Wildman–Crippen LogP) is 2.69. The largest absolute Gasteiger partial charge is 0.325 e. The topological polar surface area (TPSA) is 66.5 Å². The Hall–Kier alpha value is -2.18. The molecule has 0 atom stereocenters. The van der Waals surface area contributed by atoms with Crippen molar-refractivity contribution in [1.82, 2.24) is 4.31 Å². The van der Waals surface area contributed by atoms with Crippen LogP contribution in [0.5, 0.6) is 0 Å². The Morgan fingerprint density at radius 1 is 1.00 bits per heavy atom. The maximum absolute atomic E-state index is 12.2. The first-order valence-corrected chi connectivity index (χ1v) is 10.1. The summed E-state index contributed by atoms with van der Waals surface area (Å²) in [5.41, 5.74) is 2.88. The number of hydrogen-bond donors (Lipinski definition) is 1. The summed E-state index contributed by atoms with van der Waals surface area (Å²) in [6, 6.07) is 17.1. The minimum Gasteiger partial charge on any atom is -0.325 e. The molecule has 0 saturated carbocycles. The van der Waals surface area contributed by atoms with Crippen molar-refractivity contribution in [3.05, 3.63) is 65.7 Å². The van der Waals surface area contributed by atoms with E-state index in [1.54, 1.807) is 0 Å². The Labute approximate surface area is 149 Å². The number of hydrogen-bond acceptors (Lipinski definition) is 3. The number of carbonyl (C=O) groups is 1. The lowest BCUT2D eigenvalue weighted by Crippen LogP contribution is -2.38. The van der Waals surface area contributed by atoms with Crippen LogP contribution in [0.1, 0.15) is 18.1 Å². The van der Waals surface area contributed by atoms with Crippen LogP contribution in [0.2, 0.25) is 0 Å². The molecule has 0 aliphatic carbocycles. The van der Waals surface area contributed by atoms with Crippen molar-refractivity contribution in [2.45, 2.75) is 19.8 Å². The molecule has 0 spiro atoms. The van der Waals surface area contributed by atoms with Crippen LogP contribution in [0.3, 0.4) is 0 Å². The van der Waals surface area contributed by atoms with Crippen molar-refractivity contribution in [3.63, 3.8) is 0 Å². The van der Waals surface area contributed by atoms with Crippen LogP contribution in [0.25, 0.3) is 0 Å². The molecule has 134 valence electrons. The van der Waals surface area contributed by atoms with E-state index in [1.807, 2.05) is 54.6 Å². The number of aryl methyl sites for hydroxylation is 1. The number of anilines is 1. The number of rotatable bonds is 8. The van der Waals surface area contributed by atoms with Gasteiger partial charge >= 0.3 is 0 Å². The van der Waals surface area contributed by atoms with E-state index in [4.69, 9.17) is 0 Å². The van der Waals surface area contributed by atoms with Crippen LogP contribution in [0, 0.1) is 0 Å². The lowest BCUT2D eigenvalue weighted by Gasteiger charge is -2.19. The molecule has 1 N–H and O–H groups in total. The zero-order chi connectivity index (χ0) is 18.3. The molecule has 0 radical (unpaired) electrons. The van der Waals surface area contributed by atoms with Crippen LogP contribution in [-0.2, 0) is 27.7 Å². The molecule has 2 aromatic carbocycles. The van der Waals surface area contributed by atoms with Crippen LogP contribution in [-0.4, -0.2) is 38.0 Å². The van der Waals surface area contributed by atoms with Gasteiger partial charge in [0.05, 0.1) is 12.8 Å². The van der Waals surface area contributed by atoms with E-state index in [1.165, 1.54) is 9.87 Å². The summed E-state index contributed by atoms with van der Waals surface area (Å²) in [5.74, 6) is -0.345. The van der Waals surface area contributed by atoms with Gasteiger partial charge in [0.15, 0.2) is 0 Å². The third-order valence-corrected chi connectivity index (χ3v) is 5.18. The van der Waals surface area contributed by atoms with Crippen molar-refractivity contribution < 1.29 is 13.2 Å². The van der Waals surface area contributed by atoms with Crippen molar-refractivity contribution in [2.75, 3.05) is 24.7 Å². The third kappa shape index (κ3) is 6.32. The second kappa shape index (κ2) is 8.78. The van der Waals surface area contributed by atoms with Gasteiger partial charge < -0.3 is 5.32 Å². The van der Waals surface area contributed by atoms with Gasteiger partial charge in [-0.2, -0.15) is 4.31 Å². The Morgan fingerprint density at radius 3 is 2.20 bits per heavy atom. The highest BCUT2D eigenvalue weighted by atomic mass is 32.2. The van der Waals surface area contributed by atoms with Gasteiger partial charge in [0.2, 0.25) is 15.9 Å². The van der Waals surface area contributed by atoms with E-state index in [0.29, 0.717) is 12.1 Å². The molecule has 2 aromatic rings. The minimum atomic E-state index is -3.46. The van der Waals surface area contributed by atoms with E-state index in [0.717, 1.165) is 18.2 Å². The summed E-state index contributed by atoms with van der Waals surface area (Å²) >= 11 is 0. The summed E-state index contributed by atoms with van der Waals surface area (Å²) in [5, 5.41) is 2.75. The van der Waals surface area contributed by atoms with Gasteiger partial charge in [-0.1, -0.05) is 49.4 Å². The molecule has 0 bridgehead atoms. The Balaban J connectivity index is 1.97. The SMILES string of the molecule is CCc1ccc(NC(=O)CN(CCc2ccccc2)S(C)(=O)=O)cc1. The van der Waals surface area contributed by atoms with Crippen LogP contribution in [0.15, 0.2) is 54.6 Å². The number of nitrogens with one attached hydrogen (secondary N) is 1. The fourth-order valence-electron chi connectivity index (χ4n) is 2.45. The fraction of sp³-hybridized carbons (Fsp3) is 0.316. The average molecular weight is 360 g/mol.